The molecule has 70 valence electrons. The van der Waals surface area contributed by atoms with Gasteiger partial charge in [-0.2, -0.15) is 5.26 Å². The minimum absolute atomic E-state index is 0.422. The summed E-state index contributed by atoms with van der Waals surface area (Å²) in [5.41, 5.74) is 0.422. The first-order valence-corrected chi connectivity index (χ1v) is 5.05. The van der Waals surface area contributed by atoms with Crippen molar-refractivity contribution in [2.24, 2.45) is 5.41 Å². The van der Waals surface area contributed by atoms with Crippen LogP contribution in [0.4, 0.5) is 0 Å². The number of hydrogen-bond acceptors (Lipinski definition) is 1. The highest BCUT2D eigenvalue weighted by atomic mass is 14.3. The molecule has 0 rings (SSSR count). The third kappa shape index (κ3) is 4.38. The molecule has 0 aromatic carbocycles. The van der Waals surface area contributed by atoms with Crippen molar-refractivity contribution >= 4 is 0 Å². The van der Waals surface area contributed by atoms with Crippen LogP contribution < -0.4 is 0 Å². The third-order valence-corrected chi connectivity index (χ3v) is 2.83. The highest BCUT2D eigenvalue weighted by Gasteiger charge is 2.20. The molecule has 1 heteroatoms. The van der Waals surface area contributed by atoms with E-state index in [1.807, 2.05) is 0 Å². The highest BCUT2D eigenvalue weighted by Crippen LogP contribution is 2.32. The largest absolute Gasteiger partial charge is 0.198 e. The van der Waals surface area contributed by atoms with Crippen LogP contribution in [0.2, 0.25) is 0 Å². The van der Waals surface area contributed by atoms with Gasteiger partial charge in [-0.1, -0.05) is 40.0 Å². The first-order chi connectivity index (χ1) is 5.68. The fraction of sp³-hybridized carbons (Fsp3) is 0.909. The molecule has 1 nitrogen and oxygen atoms in total. The smallest absolute Gasteiger partial charge is 0.0621 e. The summed E-state index contributed by atoms with van der Waals surface area (Å²) < 4.78 is 0. The third-order valence-electron chi connectivity index (χ3n) is 2.83. The Hall–Kier alpha value is -0.510. The van der Waals surface area contributed by atoms with Gasteiger partial charge in [0.15, 0.2) is 0 Å². The standard InChI is InChI=1S/C11H21N/c1-4-6-8-11(3,5-2)9-7-10-12/h4-9H2,1-3H3. The van der Waals surface area contributed by atoms with E-state index in [4.69, 9.17) is 5.26 Å². The predicted octanol–water partition coefficient (Wildman–Crippen LogP) is 3.90. The molecule has 0 aromatic rings. The Bertz CT molecular complexity index is 146. The maximum atomic E-state index is 8.50. The Balaban J connectivity index is 3.79. The average Bonchev–Trinajstić information content (AvgIpc) is 2.11. The van der Waals surface area contributed by atoms with Gasteiger partial charge in [0.2, 0.25) is 0 Å². The second-order valence-corrected chi connectivity index (χ2v) is 3.93. The summed E-state index contributed by atoms with van der Waals surface area (Å²) >= 11 is 0. The molecule has 0 fully saturated rings. The Labute approximate surface area is 76.8 Å². The molecule has 0 aliphatic rings. The van der Waals surface area contributed by atoms with Crippen molar-refractivity contribution in [3.63, 3.8) is 0 Å². The summed E-state index contributed by atoms with van der Waals surface area (Å²) in [4.78, 5) is 0. The molecule has 1 atom stereocenters. The van der Waals surface area contributed by atoms with Crippen molar-refractivity contribution in [3.05, 3.63) is 0 Å². The van der Waals surface area contributed by atoms with Crippen molar-refractivity contribution in [3.8, 4) is 6.07 Å². The van der Waals surface area contributed by atoms with E-state index in [9.17, 15) is 0 Å². The Morgan fingerprint density at radius 1 is 1.25 bits per heavy atom. The SMILES string of the molecule is CCCCC(C)(CC)CCC#N. The van der Waals surface area contributed by atoms with Gasteiger partial charge in [-0.25, -0.2) is 0 Å². The molecule has 0 radical (unpaired) electrons. The summed E-state index contributed by atoms with van der Waals surface area (Å²) in [7, 11) is 0. The average molecular weight is 167 g/mol. The van der Waals surface area contributed by atoms with Gasteiger partial charge in [-0.3, -0.25) is 0 Å². The van der Waals surface area contributed by atoms with E-state index in [0.717, 1.165) is 6.42 Å². The summed E-state index contributed by atoms with van der Waals surface area (Å²) in [5, 5.41) is 8.50. The minimum atomic E-state index is 0.422. The van der Waals surface area contributed by atoms with Crippen LogP contribution in [0.3, 0.4) is 0 Å². The van der Waals surface area contributed by atoms with Gasteiger partial charge in [0.05, 0.1) is 6.07 Å². The van der Waals surface area contributed by atoms with E-state index >= 15 is 0 Å². The van der Waals surface area contributed by atoms with Gasteiger partial charge in [-0.15, -0.1) is 0 Å². The lowest BCUT2D eigenvalue weighted by molar-refractivity contribution is 0.256. The molecule has 0 aliphatic heterocycles. The van der Waals surface area contributed by atoms with Gasteiger partial charge in [0, 0.05) is 6.42 Å². The molecule has 0 spiro atoms. The lowest BCUT2D eigenvalue weighted by atomic mass is 9.78. The van der Waals surface area contributed by atoms with Crippen molar-refractivity contribution in [2.75, 3.05) is 0 Å². The monoisotopic (exact) mass is 167 g/mol. The van der Waals surface area contributed by atoms with Crippen molar-refractivity contribution in [2.45, 2.75) is 59.3 Å². The van der Waals surface area contributed by atoms with E-state index in [2.05, 4.69) is 26.8 Å². The highest BCUT2D eigenvalue weighted by molar-refractivity contribution is 4.79. The molecule has 0 saturated heterocycles. The van der Waals surface area contributed by atoms with Gasteiger partial charge in [0.25, 0.3) is 0 Å². The number of hydrogen-bond donors (Lipinski definition) is 0. The van der Waals surface area contributed by atoms with Gasteiger partial charge < -0.3 is 0 Å². The molecule has 1 unspecified atom stereocenters. The van der Waals surface area contributed by atoms with Crippen LogP contribution in [0, 0.1) is 16.7 Å². The molecule has 0 amide bonds. The van der Waals surface area contributed by atoms with E-state index < -0.39 is 0 Å². The van der Waals surface area contributed by atoms with Crippen molar-refractivity contribution < 1.29 is 0 Å². The van der Waals surface area contributed by atoms with Crippen LogP contribution in [-0.4, -0.2) is 0 Å². The zero-order valence-corrected chi connectivity index (χ0v) is 8.69. The van der Waals surface area contributed by atoms with Gasteiger partial charge in [-0.05, 0) is 18.3 Å². The molecular weight excluding hydrogens is 146 g/mol. The zero-order valence-electron chi connectivity index (χ0n) is 8.69. The summed E-state index contributed by atoms with van der Waals surface area (Å²) in [5.74, 6) is 0. The van der Waals surface area contributed by atoms with E-state index in [1.165, 1.54) is 25.7 Å². The molecular formula is C11H21N. The van der Waals surface area contributed by atoms with Crippen LogP contribution >= 0.6 is 0 Å². The van der Waals surface area contributed by atoms with Gasteiger partial charge in [0.1, 0.15) is 0 Å². The van der Waals surface area contributed by atoms with Gasteiger partial charge >= 0.3 is 0 Å². The maximum absolute atomic E-state index is 8.50. The maximum Gasteiger partial charge on any atom is 0.0621 e. The van der Waals surface area contributed by atoms with E-state index in [0.29, 0.717) is 11.8 Å². The first-order valence-electron chi connectivity index (χ1n) is 5.05. The molecule has 0 saturated carbocycles. The zero-order chi connectivity index (χ0) is 9.45. The predicted molar refractivity (Wildman–Crippen MR) is 52.8 cm³/mol. The van der Waals surface area contributed by atoms with Crippen LogP contribution in [0.25, 0.3) is 0 Å². The molecule has 0 bridgehead atoms. The van der Waals surface area contributed by atoms with Crippen molar-refractivity contribution in [1.82, 2.24) is 0 Å². The minimum Gasteiger partial charge on any atom is -0.198 e. The molecule has 0 aromatic heterocycles. The Morgan fingerprint density at radius 3 is 2.33 bits per heavy atom. The normalized spacial score (nSPS) is 15.2. The lowest BCUT2D eigenvalue weighted by Gasteiger charge is -2.26. The summed E-state index contributed by atoms with van der Waals surface area (Å²) in [6, 6.07) is 2.23. The molecule has 0 heterocycles. The molecule has 0 aliphatic carbocycles. The fourth-order valence-electron chi connectivity index (χ4n) is 1.44. The van der Waals surface area contributed by atoms with Crippen LogP contribution in [0.1, 0.15) is 59.3 Å². The summed E-state index contributed by atoms with van der Waals surface area (Å²) in [6.07, 6.45) is 6.84. The quantitative estimate of drug-likeness (QED) is 0.588. The lowest BCUT2D eigenvalue weighted by Crippen LogP contribution is -2.14. The fourth-order valence-corrected chi connectivity index (χ4v) is 1.44. The topological polar surface area (TPSA) is 23.8 Å². The Morgan fingerprint density at radius 2 is 1.92 bits per heavy atom. The first kappa shape index (κ1) is 11.5. The summed E-state index contributed by atoms with van der Waals surface area (Å²) in [6.45, 7) is 6.76. The van der Waals surface area contributed by atoms with Crippen LogP contribution in [0.15, 0.2) is 0 Å². The second-order valence-electron chi connectivity index (χ2n) is 3.93. The second kappa shape index (κ2) is 6.06. The van der Waals surface area contributed by atoms with Crippen LogP contribution in [-0.2, 0) is 0 Å². The molecule has 0 N–H and O–H groups in total. The Kier molecular flexibility index (Phi) is 5.80. The molecule has 12 heavy (non-hydrogen) atoms. The number of nitrogens with zero attached hydrogens (tertiary/aromatic N) is 1. The van der Waals surface area contributed by atoms with Crippen molar-refractivity contribution in [1.29, 1.82) is 5.26 Å². The van der Waals surface area contributed by atoms with E-state index in [1.54, 1.807) is 0 Å². The number of unbranched alkanes of at least 4 members (excludes halogenated alkanes) is 1. The number of rotatable bonds is 6. The van der Waals surface area contributed by atoms with Crippen LogP contribution in [0.5, 0.6) is 0 Å². The van der Waals surface area contributed by atoms with E-state index in [-0.39, 0.29) is 0 Å². The number of nitriles is 1.